The van der Waals surface area contributed by atoms with Crippen molar-refractivity contribution in [2.75, 3.05) is 21.3 Å². The zero-order valence-corrected chi connectivity index (χ0v) is 10.1. The van der Waals surface area contributed by atoms with Crippen LogP contribution in [0.2, 0.25) is 0 Å². The monoisotopic (exact) mass is 391 g/mol. The Kier molecular flexibility index (Phi) is 120. The average molecular weight is 391 g/mol. The van der Waals surface area contributed by atoms with Crippen LogP contribution in [0.15, 0.2) is 0 Å². The molecule has 0 rings (SSSR count). The molecule has 0 heterocycles. The van der Waals surface area contributed by atoms with E-state index in [9.17, 15) is 6.30 Å². The summed E-state index contributed by atoms with van der Waals surface area (Å²) in [6, 6.07) is 0. The van der Waals surface area contributed by atoms with Gasteiger partial charge in [-0.2, -0.15) is 0 Å². The summed E-state index contributed by atoms with van der Waals surface area (Å²) in [5, 5.41) is 21.0. The summed E-state index contributed by atoms with van der Waals surface area (Å²) in [6.07, 6.45) is 0. The van der Waals surface area contributed by atoms with Crippen LogP contribution in [0.4, 0.5) is 6.30 Å². The molecule has 0 aromatic carbocycles. The molecule has 0 aromatic heterocycles. The fourth-order valence-corrected chi connectivity index (χ4v) is 0. The maximum absolute atomic E-state index is 9.89. The van der Waals surface area contributed by atoms with Crippen LogP contribution in [0.3, 0.4) is 0 Å². The number of rotatable bonds is 0. The van der Waals surface area contributed by atoms with Gasteiger partial charge in [0.25, 0.3) is 0 Å². The molecule has 67 valence electrons. The second-order valence-corrected chi connectivity index (χ2v) is 2.00. The molecule has 0 saturated heterocycles. The van der Waals surface area contributed by atoms with Gasteiger partial charge in [0.1, 0.15) is 0 Å². The molecule has 3 N–H and O–H groups in total. The van der Waals surface area contributed by atoms with Gasteiger partial charge in [0.05, 0.1) is 0 Å². The van der Waals surface area contributed by atoms with Gasteiger partial charge in [-0.1, -0.05) is 0 Å². The molecule has 0 spiro atoms. The van der Waals surface area contributed by atoms with Gasteiger partial charge in [-0.05, 0) is 0 Å². The second-order valence-electron chi connectivity index (χ2n) is 0.214. The first-order valence-electron chi connectivity index (χ1n) is 1.91. The molecule has 0 amide bonds. The molecule has 0 saturated carbocycles. The zero-order chi connectivity index (χ0) is 9.58. The van der Waals surface area contributed by atoms with E-state index in [1.165, 1.54) is 0 Å². The van der Waals surface area contributed by atoms with E-state index < -0.39 is 28.1 Å². The molecule has 0 aliphatic heterocycles. The summed E-state index contributed by atoms with van der Waals surface area (Å²) in [6.45, 7) is 0. The number of halogens is 3. The molecule has 0 atom stereocenters. The third-order valence-corrected chi connectivity index (χ3v) is 0. The molecule has 0 aliphatic carbocycles. The Labute approximate surface area is 71.1 Å². The normalized spacial score (nSPS) is 4.50. The van der Waals surface area contributed by atoms with Crippen molar-refractivity contribution in [3.8, 4) is 0 Å². The predicted octanol–water partition coefficient (Wildman–Crippen LogP) is 0.0861. The van der Waals surface area contributed by atoms with E-state index in [-0.39, 0.29) is 0 Å². The van der Waals surface area contributed by atoms with Crippen molar-refractivity contribution in [2.45, 2.75) is 0 Å². The minimum absolute atomic E-state index is 1.00. The van der Waals surface area contributed by atoms with Crippen LogP contribution in [0.25, 0.3) is 0 Å². The summed E-state index contributed by atoms with van der Waals surface area (Å²) in [7, 11) is 3.00. The molecule has 0 unspecified atom stereocenters. The molecule has 0 aromatic rings. The molecule has 0 aliphatic rings. The van der Waals surface area contributed by atoms with Crippen molar-refractivity contribution >= 4 is 0 Å². The number of aliphatic hydroxyl groups excluding tert-OH is 3. The van der Waals surface area contributed by atoms with Crippen molar-refractivity contribution in [3.63, 3.8) is 0 Å². The average Bonchev–Trinajstić information content (AvgIpc) is 1.98. The van der Waals surface area contributed by atoms with Gasteiger partial charge in [-0.25, -0.2) is 0 Å². The standard InChI is InChI=1S/3CH4O.3FH.U/c3*1-2;;;;/h3*2H,1H3;3*1H;/q;;;;;;+3/p-3. The number of hydrogen-bond acceptors (Lipinski definition) is 3. The van der Waals surface area contributed by atoms with Crippen LogP contribution in [0, 0.1) is 28.1 Å². The van der Waals surface area contributed by atoms with E-state index in [1.54, 1.807) is 0 Å². The van der Waals surface area contributed by atoms with Gasteiger partial charge in [0, 0.05) is 21.3 Å². The quantitative estimate of drug-likeness (QED) is 0.549. The third kappa shape index (κ3) is 998. The zero-order valence-electron chi connectivity index (χ0n) is 5.98. The topological polar surface area (TPSA) is 60.7 Å². The van der Waals surface area contributed by atoms with Crippen molar-refractivity contribution in [2.24, 2.45) is 0 Å². The van der Waals surface area contributed by atoms with Gasteiger partial charge >= 0.3 is 34.4 Å². The second kappa shape index (κ2) is 53.4. The molecular formula is C3H12F3O3U. The van der Waals surface area contributed by atoms with Crippen LogP contribution >= 0.6 is 0 Å². The van der Waals surface area contributed by atoms with Gasteiger partial charge < -0.3 is 15.3 Å². The van der Waals surface area contributed by atoms with Gasteiger partial charge in [0.2, 0.25) is 0 Å². The summed E-state index contributed by atoms with van der Waals surface area (Å²) in [5.74, 6) is 0. The van der Waals surface area contributed by atoms with Crippen molar-refractivity contribution in [1.82, 2.24) is 0 Å². The number of hydrogen-bond donors (Lipinski definition) is 3. The van der Waals surface area contributed by atoms with Crippen LogP contribution in [0.5, 0.6) is 0 Å². The van der Waals surface area contributed by atoms with Crippen molar-refractivity contribution < 1.29 is 49.7 Å². The van der Waals surface area contributed by atoms with Crippen LogP contribution < -0.4 is 0 Å². The Morgan fingerprint density at radius 1 is 0.700 bits per heavy atom. The minimum atomic E-state index is -5.23. The molecule has 0 bridgehead atoms. The summed E-state index contributed by atoms with van der Waals surface area (Å²) >= 11 is -5.23. The van der Waals surface area contributed by atoms with E-state index in [1.807, 2.05) is 0 Å². The Hall–Kier alpha value is 0.722. The van der Waals surface area contributed by atoms with Crippen LogP contribution in [-0.4, -0.2) is 36.6 Å². The summed E-state index contributed by atoms with van der Waals surface area (Å²) < 4.78 is 29.7. The van der Waals surface area contributed by atoms with Gasteiger partial charge in [-0.3, -0.25) is 0 Å². The Bertz CT molecular complexity index is 23.7. The molecule has 7 heteroatoms. The summed E-state index contributed by atoms with van der Waals surface area (Å²) in [5.41, 5.74) is 0. The Balaban J connectivity index is -0.0000000262. The first-order valence-corrected chi connectivity index (χ1v) is 6.63. The van der Waals surface area contributed by atoms with Crippen molar-refractivity contribution in [1.29, 1.82) is 0 Å². The predicted molar refractivity (Wildman–Crippen MR) is 27.8 cm³/mol. The Morgan fingerprint density at radius 3 is 0.700 bits per heavy atom. The van der Waals surface area contributed by atoms with E-state index in [0.29, 0.717) is 0 Å². The van der Waals surface area contributed by atoms with E-state index in [0.717, 1.165) is 21.3 Å². The first kappa shape index (κ1) is 22.4. The van der Waals surface area contributed by atoms with E-state index in [4.69, 9.17) is 15.3 Å². The van der Waals surface area contributed by atoms with Crippen molar-refractivity contribution in [3.05, 3.63) is 0 Å². The van der Waals surface area contributed by atoms with E-state index in [2.05, 4.69) is 0 Å². The fraction of sp³-hybridized carbons (Fsp3) is 1.00. The van der Waals surface area contributed by atoms with E-state index >= 15 is 0 Å². The summed E-state index contributed by atoms with van der Waals surface area (Å²) in [4.78, 5) is 0. The molecular weight excluding hydrogens is 379 g/mol. The molecule has 0 fully saturated rings. The van der Waals surface area contributed by atoms with Crippen LogP contribution in [-0.2, 0) is 0 Å². The van der Waals surface area contributed by atoms with Gasteiger partial charge in [0.15, 0.2) is 0 Å². The maximum atomic E-state index is 9.89. The van der Waals surface area contributed by atoms with Crippen LogP contribution in [0.1, 0.15) is 0 Å². The number of aliphatic hydroxyl groups is 3. The van der Waals surface area contributed by atoms with Gasteiger partial charge in [-0.15, -0.1) is 0 Å². The molecule has 10 heavy (non-hydrogen) atoms. The molecule has 0 radical (unpaired) electrons. The Morgan fingerprint density at radius 2 is 0.700 bits per heavy atom. The SMILES string of the molecule is CO.CO.CO.[F][U]([F])[F]. The molecule has 3 nitrogen and oxygen atoms in total. The first-order chi connectivity index (χ1) is 4.73. The fourth-order valence-electron chi connectivity index (χ4n) is 0. The third-order valence-electron chi connectivity index (χ3n) is 0.